The van der Waals surface area contributed by atoms with Gasteiger partial charge in [0.15, 0.2) is 0 Å². The third-order valence-corrected chi connectivity index (χ3v) is 6.02. The van der Waals surface area contributed by atoms with Crippen molar-refractivity contribution in [2.45, 2.75) is 6.54 Å². The van der Waals surface area contributed by atoms with Gasteiger partial charge in [0.25, 0.3) is 5.56 Å². The van der Waals surface area contributed by atoms with E-state index in [2.05, 4.69) is 49.4 Å². The van der Waals surface area contributed by atoms with Crippen molar-refractivity contribution in [1.82, 2.24) is 24.3 Å². The zero-order chi connectivity index (χ0) is 22.4. The summed E-state index contributed by atoms with van der Waals surface area (Å²) in [6.45, 7) is 0.172. The Morgan fingerprint density at radius 3 is 2.70 bits per heavy atom. The average Bonchev–Trinajstić information content (AvgIpc) is 3.48. The molecule has 0 saturated carbocycles. The number of fused-ring (bicyclic) bond motifs is 2. The summed E-state index contributed by atoms with van der Waals surface area (Å²) in [6, 6.07) is 23.7. The Kier molecular flexibility index (Phi) is 4.66. The van der Waals surface area contributed by atoms with Crippen LogP contribution in [0.25, 0.3) is 38.9 Å². The molecule has 8 heteroatoms. The molecule has 0 aliphatic carbocycles. The first kappa shape index (κ1) is 19.6. The van der Waals surface area contributed by atoms with E-state index in [1.165, 1.54) is 0 Å². The molecule has 0 atom stereocenters. The maximum atomic E-state index is 13.2. The molecule has 0 amide bonds. The van der Waals surface area contributed by atoms with E-state index in [9.17, 15) is 4.79 Å². The lowest BCUT2D eigenvalue weighted by molar-refractivity contribution is 0.370. The standard InChI is InChI=1S/C25H16BrN5O2/c26-18-8-3-7-17(13-18)24-27-23(33-29-24)15-30-11-12-31-22(25(30)32)14-21(28-31)20-10-4-6-16-5-1-2-9-19(16)20/h1-14H,15H2. The predicted molar refractivity (Wildman–Crippen MR) is 129 cm³/mol. The van der Waals surface area contributed by atoms with Crippen LogP contribution in [0.15, 0.2) is 99.0 Å². The van der Waals surface area contributed by atoms with Crippen molar-refractivity contribution in [1.29, 1.82) is 0 Å². The van der Waals surface area contributed by atoms with E-state index in [1.54, 1.807) is 21.5 Å². The largest absolute Gasteiger partial charge is 0.337 e. The molecule has 0 aliphatic rings. The van der Waals surface area contributed by atoms with Crippen LogP contribution >= 0.6 is 15.9 Å². The highest BCUT2D eigenvalue weighted by Crippen LogP contribution is 2.28. The molecule has 3 aromatic carbocycles. The molecular formula is C25H16BrN5O2. The van der Waals surface area contributed by atoms with Gasteiger partial charge in [0.2, 0.25) is 11.7 Å². The molecule has 160 valence electrons. The van der Waals surface area contributed by atoms with Gasteiger partial charge in [-0.1, -0.05) is 75.7 Å². The molecule has 3 heterocycles. The van der Waals surface area contributed by atoms with E-state index in [0.717, 1.165) is 32.1 Å². The third-order valence-electron chi connectivity index (χ3n) is 5.53. The van der Waals surface area contributed by atoms with Crippen molar-refractivity contribution in [2.24, 2.45) is 0 Å². The Morgan fingerprint density at radius 2 is 1.79 bits per heavy atom. The maximum Gasteiger partial charge on any atom is 0.277 e. The second-order valence-corrected chi connectivity index (χ2v) is 8.56. The molecule has 0 spiro atoms. The van der Waals surface area contributed by atoms with Crippen LogP contribution in [0.4, 0.5) is 0 Å². The molecule has 0 bridgehead atoms. The smallest absolute Gasteiger partial charge is 0.277 e. The van der Waals surface area contributed by atoms with Crippen LogP contribution in [-0.2, 0) is 6.54 Å². The molecule has 0 unspecified atom stereocenters. The Bertz CT molecular complexity index is 1690. The van der Waals surface area contributed by atoms with Gasteiger partial charge in [-0.2, -0.15) is 10.1 Å². The number of aromatic nitrogens is 5. The van der Waals surface area contributed by atoms with Gasteiger partial charge >= 0.3 is 0 Å². The molecule has 6 rings (SSSR count). The summed E-state index contributed by atoms with van der Waals surface area (Å²) in [5.41, 5.74) is 2.86. The van der Waals surface area contributed by atoms with Crippen LogP contribution in [0.1, 0.15) is 5.89 Å². The molecule has 7 nitrogen and oxygen atoms in total. The van der Waals surface area contributed by atoms with Gasteiger partial charge < -0.3 is 9.09 Å². The van der Waals surface area contributed by atoms with Crippen LogP contribution in [0.3, 0.4) is 0 Å². The minimum Gasteiger partial charge on any atom is -0.337 e. The first-order valence-electron chi connectivity index (χ1n) is 10.3. The Hall–Kier alpha value is -4.04. The molecule has 0 N–H and O–H groups in total. The lowest BCUT2D eigenvalue weighted by Crippen LogP contribution is -2.21. The van der Waals surface area contributed by atoms with Crippen molar-refractivity contribution >= 4 is 32.2 Å². The molecule has 0 fully saturated rings. The van der Waals surface area contributed by atoms with E-state index in [-0.39, 0.29) is 12.1 Å². The number of halogens is 1. The second kappa shape index (κ2) is 7.83. The monoisotopic (exact) mass is 497 g/mol. The van der Waals surface area contributed by atoms with Crippen LogP contribution in [0.5, 0.6) is 0 Å². The summed E-state index contributed by atoms with van der Waals surface area (Å²) in [4.78, 5) is 17.6. The van der Waals surface area contributed by atoms with Crippen LogP contribution < -0.4 is 5.56 Å². The van der Waals surface area contributed by atoms with Gasteiger partial charge in [-0.3, -0.25) is 4.79 Å². The third kappa shape index (κ3) is 3.54. The fraction of sp³-hybridized carbons (Fsp3) is 0.0400. The normalized spacial score (nSPS) is 11.4. The van der Waals surface area contributed by atoms with Crippen molar-refractivity contribution < 1.29 is 4.52 Å². The first-order valence-corrected chi connectivity index (χ1v) is 11.1. The molecule has 0 radical (unpaired) electrons. The van der Waals surface area contributed by atoms with Gasteiger partial charge in [-0.15, -0.1) is 0 Å². The summed E-state index contributed by atoms with van der Waals surface area (Å²) < 4.78 is 9.47. The predicted octanol–water partition coefficient (Wildman–Crippen LogP) is 5.18. The molecule has 6 aromatic rings. The van der Waals surface area contributed by atoms with Crippen molar-refractivity contribution in [3.05, 3.63) is 106 Å². The summed E-state index contributed by atoms with van der Waals surface area (Å²) >= 11 is 3.44. The van der Waals surface area contributed by atoms with E-state index < -0.39 is 0 Å². The highest BCUT2D eigenvalue weighted by atomic mass is 79.9. The summed E-state index contributed by atoms with van der Waals surface area (Å²) in [6.07, 6.45) is 3.44. The lowest BCUT2D eigenvalue weighted by atomic mass is 10.0. The van der Waals surface area contributed by atoms with Gasteiger partial charge in [-0.05, 0) is 29.0 Å². The van der Waals surface area contributed by atoms with Gasteiger partial charge in [-0.25, -0.2) is 4.52 Å². The maximum absolute atomic E-state index is 13.2. The summed E-state index contributed by atoms with van der Waals surface area (Å²) in [5, 5.41) is 10.9. The number of benzene rings is 3. The van der Waals surface area contributed by atoms with Crippen molar-refractivity contribution in [3.63, 3.8) is 0 Å². The van der Waals surface area contributed by atoms with Gasteiger partial charge in [0.1, 0.15) is 12.1 Å². The molecular weight excluding hydrogens is 482 g/mol. The minimum absolute atomic E-state index is 0.172. The van der Waals surface area contributed by atoms with Crippen LogP contribution in [0.2, 0.25) is 0 Å². The number of hydrogen-bond acceptors (Lipinski definition) is 5. The molecule has 0 saturated heterocycles. The lowest BCUT2D eigenvalue weighted by Gasteiger charge is -2.03. The van der Waals surface area contributed by atoms with E-state index in [4.69, 9.17) is 4.52 Å². The van der Waals surface area contributed by atoms with Gasteiger partial charge in [0.05, 0.1) is 5.69 Å². The van der Waals surface area contributed by atoms with Gasteiger partial charge in [0, 0.05) is 28.0 Å². The molecule has 33 heavy (non-hydrogen) atoms. The van der Waals surface area contributed by atoms with Crippen molar-refractivity contribution in [2.75, 3.05) is 0 Å². The van der Waals surface area contributed by atoms with E-state index >= 15 is 0 Å². The Morgan fingerprint density at radius 1 is 0.939 bits per heavy atom. The second-order valence-electron chi connectivity index (χ2n) is 7.64. The highest BCUT2D eigenvalue weighted by Gasteiger charge is 2.14. The first-order chi connectivity index (χ1) is 16.2. The zero-order valence-corrected chi connectivity index (χ0v) is 18.8. The minimum atomic E-state index is -0.182. The summed E-state index contributed by atoms with van der Waals surface area (Å²) in [5.74, 6) is 0.827. The van der Waals surface area contributed by atoms with Crippen molar-refractivity contribution in [3.8, 4) is 22.6 Å². The quantitative estimate of drug-likeness (QED) is 0.335. The number of hydrogen-bond donors (Lipinski definition) is 0. The van der Waals surface area contributed by atoms with Crippen LogP contribution in [-0.4, -0.2) is 24.3 Å². The Labute approximate surface area is 196 Å². The van der Waals surface area contributed by atoms with Crippen LogP contribution in [0, 0.1) is 0 Å². The number of nitrogens with zero attached hydrogens (tertiary/aromatic N) is 5. The number of rotatable bonds is 4. The topological polar surface area (TPSA) is 78.2 Å². The van der Waals surface area contributed by atoms with E-state index in [0.29, 0.717) is 17.2 Å². The van der Waals surface area contributed by atoms with E-state index in [1.807, 2.05) is 54.6 Å². The highest BCUT2D eigenvalue weighted by molar-refractivity contribution is 9.10. The SMILES string of the molecule is O=c1c2cc(-c3cccc4ccccc34)nn2ccn1Cc1nc(-c2cccc(Br)c2)no1. The zero-order valence-electron chi connectivity index (χ0n) is 17.2. The average molecular weight is 498 g/mol. The Balaban J connectivity index is 1.36. The fourth-order valence-corrected chi connectivity index (χ4v) is 4.34. The summed E-state index contributed by atoms with van der Waals surface area (Å²) in [7, 11) is 0. The molecule has 0 aliphatic heterocycles. The fourth-order valence-electron chi connectivity index (χ4n) is 3.94. The molecule has 3 aromatic heterocycles.